The molecule has 1 aromatic heterocycles. The largest absolute Gasteiger partial charge is 0.385 e. The van der Waals surface area contributed by atoms with Crippen LogP contribution in [-0.4, -0.2) is 10.8 Å². The first-order chi connectivity index (χ1) is 6.59. The summed E-state index contributed by atoms with van der Waals surface area (Å²) < 4.78 is 12.8. The quantitative estimate of drug-likeness (QED) is 0.679. The van der Waals surface area contributed by atoms with Crippen molar-refractivity contribution in [3.8, 4) is 0 Å². The number of carbonyl (C=O) groups is 1. The van der Waals surface area contributed by atoms with E-state index in [4.69, 9.17) is 5.73 Å². The lowest BCUT2D eigenvalue weighted by Crippen LogP contribution is -1.96. The topological polar surface area (TPSA) is 58.9 Å². The number of halogens is 1. The number of anilines is 1. The smallest absolute Gasteiger partial charge is 0.164 e. The number of aromatic amines is 1. The van der Waals surface area contributed by atoms with Gasteiger partial charge in [-0.15, -0.1) is 0 Å². The van der Waals surface area contributed by atoms with Gasteiger partial charge in [-0.05, 0) is 25.1 Å². The molecule has 0 saturated carbocycles. The summed E-state index contributed by atoms with van der Waals surface area (Å²) in [5.74, 6) is -0.188. The molecule has 14 heavy (non-hydrogen) atoms. The van der Waals surface area contributed by atoms with Crippen LogP contribution in [-0.2, 0) is 0 Å². The van der Waals surface area contributed by atoms with Gasteiger partial charge in [0.05, 0.1) is 11.1 Å². The molecule has 1 aromatic carbocycles. The van der Waals surface area contributed by atoms with E-state index in [1.807, 2.05) is 0 Å². The van der Waals surface area contributed by atoms with Gasteiger partial charge >= 0.3 is 0 Å². The lowest BCUT2D eigenvalue weighted by Gasteiger charge is -1.93. The third kappa shape index (κ3) is 1.16. The number of Topliss-reactive ketones (excluding diaryl/α,β-unsaturated/α-hetero) is 1. The summed E-state index contributed by atoms with van der Waals surface area (Å²) in [7, 11) is 0. The Morgan fingerprint density at radius 2 is 2.21 bits per heavy atom. The minimum absolute atomic E-state index is 0.125. The summed E-state index contributed by atoms with van der Waals surface area (Å²) in [5, 5.41) is 0.663. The summed E-state index contributed by atoms with van der Waals surface area (Å²) >= 11 is 0. The molecule has 2 aromatic rings. The average Bonchev–Trinajstić information content (AvgIpc) is 2.39. The average molecular weight is 192 g/mol. The van der Waals surface area contributed by atoms with Crippen LogP contribution in [0.3, 0.4) is 0 Å². The van der Waals surface area contributed by atoms with E-state index < -0.39 is 0 Å². The van der Waals surface area contributed by atoms with Crippen molar-refractivity contribution in [1.82, 2.24) is 4.98 Å². The molecular formula is C10H9FN2O. The molecular weight excluding hydrogens is 183 g/mol. The van der Waals surface area contributed by atoms with E-state index in [-0.39, 0.29) is 17.4 Å². The third-order valence-electron chi connectivity index (χ3n) is 2.14. The maximum Gasteiger partial charge on any atom is 0.164 e. The molecule has 0 radical (unpaired) electrons. The van der Waals surface area contributed by atoms with Crippen LogP contribution in [0.4, 0.5) is 10.2 Å². The van der Waals surface area contributed by atoms with Crippen LogP contribution in [0.2, 0.25) is 0 Å². The molecule has 0 saturated heterocycles. The highest BCUT2D eigenvalue weighted by Crippen LogP contribution is 2.25. The van der Waals surface area contributed by atoms with E-state index >= 15 is 0 Å². The number of ketones is 1. The van der Waals surface area contributed by atoms with Crippen LogP contribution in [0.15, 0.2) is 18.2 Å². The number of benzene rings is 1. The van der Waals surface area contributed by atoms with E-state index in [2.05, 4.69) is 4.98 Å². The van der Waals surface area contributed by atoms with E-state index in [0.29, 0.717) is 16.5 Å². The van der Waals surface area contributed by atoms with Crippen molar-refractivity contribution < 1.29 is 9.18 Å². The number of aromatic nitrogens is 1. The van der Waals surface area contributed by atoms with Gasteiger partial charge in [0.2, 0.25) is 0 Å². The van der Waals surface area contributed by atoms with Crippen molar-refractivity contribution in [2.45, 2.75) is 6.92 Å². The van der Waals surface area contributed by atoms with Crippen LogP contribution in [0.5, 0.6) is 0 Å². The van der Waals surface area contributed by atoms with Gasteiger partial charge in [-0.25, -0.2) is 4.39 Å². The number of carbonyl (C=O) groups excluding carboxylic acids is 1. The van der Waals surface area contributed by atoms with Gasteiger partial charge in [0.1, 0.15) is 11.6 Å². The maximum atomic E-state index is 12.8. The van der Waals surface area contributed by atoms with Crippen LogP contribution in [0.25, 0.3) is 10.9 Å². The van der Waals surface area contributed by atoms with Crippen LogP contribution >= 0.6 is 0 Å². The predicted molar refractivity (Wildman–Crippen MR) is 52.7 cm³/mol. The molecule has 0 aliphatic rings. The minimum atomic E-state index is -0.353. The fourth-order valence-electron chi connectivity index (χ4n) is 1.57. The van der Waals surface area contributed by atoms with E-state index in [0.717, 1.165) is 0 Å². The fourth-order valence-corrected chi connectivity index (χ4v) is 1.57. The number of hydrogen-bond acceptors (Lipinski definition) is 2. The van der Waals surface area contributed by atoms with Crippen molar-refractivity contribution in [2.75, 3.05) is 5.73 Å². The number of nitrogens with one attached hydrogen (secondary N) is 1. The number of rotatable bonds is 1. The standard InChI is InChI=1S/C10H9FN2O/c1-5(14)9-7-3-2-6(11)4-8(7)13-10(9)12/h2-4,13H,12H2,1H3. The van der Waals surface area contributed by atoms with Crippen molar-refractivity contribution in [3.05, 3.63) is 29.6 Å². The third-order valence-corrected chi connectivity index (χ3v) is 2.14. The second-order valence-corrected chi connectivity index (χ2v) is 3.16. The first-order valence-electron chi connectivity index (χ1n) is 4.17. The lowest BCUT2D eigenvalue weighted by molar-refractivity contribution is 0.102. The van der Waals surface area contributed by atoms with Gasteiger partial charge < -0.3 is 10.7 Å². The summed E-state index contributed by atoms with van der Waals surface area (Å²) in [5.41, 5.74) is 6.58. The maximum absolute atomic E-state index is 12.8. The fraction of sp³-hybridized carbons (Fsp3) is 0.100. The van der Waals surface area contributed by atoms with Crippen LogP contribution in [0, 0.1) is 5.82 Å². The molecule has 0 aliphatic heterocycles. The number of hydrogen-bond donors (Lipinski definition) is 2. The van der Waals surface area contributed by atoms with Crippen molar-refractivity contribution in [3.63, 3.8) is 0 Å². The highest BCUT2D eigenvalue weighted by atomic mass is 19.1. The molecule has 0 spiro atoms. The molecule has 0 unspecified atom stereocenters. The summed E-state index contributed by atoms with van der Waals surface area (Å²) in [6.45, 7) is 1.43. The Morgan fingerprint density at radius 1 is 1.50 bits per heavy atom. The van der Waals surface area contributed by atoms with Crippen molar-refractivity contribution in [1.29, 1.82) is 0 Å². The lowest BCUT2D eigenvalue weighted by atomic mass is 10.1. The molecule has 0 aliphatic carbocycles. The first kappa shape index (κ1) is 8.74. The number of fused-ring (bicyclic) bond motifs is 1. The van der Waals surface area contributed by atoms with Crippen LogP contribution in [0.1, 0.15) is 17.3 Å². The zero-order valence-electron chi connectivity index (χ0n) is 7.60. The molecule has 0 fully saturated rings. The molecule has 0 bridgehead atoms. The second kappa shape index (κ2) is 2.83. The highest BCUT2D eigenvalue weighted by Gasteiger charge is 2.12. The molecule has 0 amide bonds. The van der Waals surface area contributed by atoms with Gasteiger partial charge in [-0.1, -0.05) is 0 Å². The summed E-state index contributed by atoms with van der Waals surface area (Å²) in [6, 6.07) is 4.18. The van der Waals surface area contributed by atoms with Gasteiger partial charge in [0.15, 0.2) is 5.78 Å². The molecule has 1 heterocycles. The SMILES string of the molecule is CC(=O)c1c(N)[nH]c2cc(F)ccc12. The Balaban J connectivity index is 2.84. The summed E-state index contributed by atoms with van der Waals surface area (Å²) in [6.07, 6.45) is 0. The van der Waals surface area contributed by atoms with Gasteiger partial charge in [0.25, 0.3) is 0 Å². The van der Waals surface area contributed by atoms with Crippen LogP contribution < -0.4 is 5.73 Å². The summed E-state index contributed by atoms with van der Waals surface area (Å²) in [4.78, 5) is 14.0. The normalized spacial score (nSPS) is 10.7. The molecule has 4 heteroatoms. The number of nitrogens with two attached hydrogens (primary N) is 1. The van der Waals surface area contributed by atoms with E-state index in [9.17, 15) is 9.18 Å². The molecule has 72 valence electrons. The van der Waals surface area contributed by atoms with Gasteiger partial charge in [0, 0.05) is 5.39 Å². The Kier molecular flexibility index (Phi) is 1.77. The van der Waals surface area contributed by atoms with E-state index in [1.54, 1.807) is 6.07 Å². The number of nitrogen functional groups attached to an aromatic ring is 1. The Morgan fingerprint density at radius 3 is 2.86 bits per heavy atom. The zero-order valence-corrected chi connectivity index (χ0v) is 7.60. The highest BCUT2D eigenvalue weighted by molar-refractivity contribution is 6.11. The monoisotopic (exact) mass is 192 g/mol. The molecule has 0 atom stereocenters. The van der Waals surface area contributed by atoms with Gasteiger partial charge in [-0.2, -0.15) is 0 Å². The Bertz CT molecular complexity index is 516. The molecule has 3 nitrogen and oxygen atoms in total. The number of H-pyrrole nitrogens is 1. The van der Waals surface area contributed by atoms with Gasteiger partial charge in [-0.3, -0.25) is 4.79 Å². The second-order valence-electron chi connectivity index (χ2n) is 3.16. The minimum Gasteiger partial charge on any atom is -0.385 e. The zero-order chi connectivity index (χ0) is 10.3. The van der Waals surface area contributed by atoms with Crippen molar-refractivity contribution in [2.24, 2.45) is 0 Å². The Hall–Kier alpha value is -1.84. The van der Waals surface area contributed by atoms with Crippen molar-refractivity contribution >= 4 is 22.5 Å². The molecule has 3 N–H and O–H groups in total. The van der Waals surface area contributed by atoms with E-state index in [1.165, 1.54) is 19.1 Å². The Labute approximate surface area is 79.7 Å². The first-order valence-corrected chi connectivity index (χ1v) is 4.17. The predicted octanol–water partition coefficient (Wildman–Crippen LogP) is 2.09. The molecule has 2 rings (SSSR count).